The van der Waals surface area contributed by atoms with Gasteiger partial charge in [-0.15, -0.1) is 0 Å². The minimum atomic E-state index is -0.891. The summed E-state index contributed by atoms with van der Waals surface area (Å²) in [4.78, 5) is 34.6. The third-order valence-electron chi connectivity index (χ3n) is 4.77. The molecule has 2 unspecified atom stereocenters. The topological polar surface area (TPSA) is 60.4 Å². The van der Waals surface area contributed by atoms with Crippen molar-refractivity contribution in [3.8, 4) is 0 Å². The lowest BCUT2D eigenvalue weighted by Crippen LogP contribution is -2.34. The van der Waals surface area contributed by atoms with E-state index in [0.717, 1.165) is 6.42 Å². The van der Waals surface area contributed by atoms with Crippen LogP contribution in [0.1, 0.15) is 66.2 Å². The predicted molar refractivity (Wildman–Crippen MR) is 80.8 cm³/mol. The van der Waals surface area contributed by atoms with E-state index in [4.69, 9.17) is 0 Å². The second kappa shape index (κ2) is 7.71. The Bertz CT molecular complexity index is 398. The van der Waals surface area contributed by atoms with Crippen molar-refractivity contribution in [1.82, 2.24) is 0 Å². The lowest BCUT2D eigenvalue weighted by molar-refractivity contribution is -0.154. The van der Waals surface area contributed by atoms with E-state index in [2.05, 4.69) is 25.5 Å². The number of ketones is 2. The van der Waals surface area contributed by atoms with Crippen LogP contribution in [-0.4, -0.2) is 24.1 Å². The first-order valence-electron chi connectivity index (χ1n) is 7.99. The highest BCUT2D eigenvalue weighted by atomic mass is 16.5. The summed E-state index contributed by atoms with van der Waals surface area (Å²) in [5.74, 6) is -0.646. The zero-order chi connectivity index (χ0) is 16.0. The second-order valence-corrected chi connectivity index (χ2v) is 6.86. The van der Waals surface area contributed by atoms with E-state index in [-0.39, 0.29) is 24.2 Å². The molecule has 0 radical (unpaired) electrons. The highest BCUT2D eigenvalue weighted by molar-refractivity contribution is 6.37. The Morgan fingerprint density at radius 3 is 2.48 bits per heavy atom. The van der Waals surface area contributed by atoms with Crippen molar-refractivity contribution >= 4 is 17.5 Å². The van der Waals surface area contributed by atoms with E-state index in [1.54, 1.807) is 6.92 Å². The van der Waals surface area contributed by atoms with Crippen molar-refractivity contribution in [2.45, 2.75) is 66.2 Å². The van der Waals surface area contributed by atoms with Gasteiger partial charge in [-0.25, -0.2) is 4.79 Å². The lowest BCUT2D eigenvalue weighted by Gasteiger charge is -2.43. The van der Waals surface area contributed by atoms with Gasteiger partial charge in [0.2, 0.25) is 5.78 Å². The van der Waals surface area contributed by atoms with Crippen molar-refractivity contribution in [3.05, 3.63) is 0 Å². The molecule has 0 aromatic carbocycles. The molecular formula is C17H28O4. The van der Waals surface area contributed by atoms with Crippen molar-refractivity contribution in [2.75, 3.05) is 6.61 Å². The monoisotopic (exact) mass is 296 g/mol. The molecule has 1 fully saturated rings. The van der Waals surface area contributed by atoms with Crippen LogP contribution < -0.4 is 0 Å². The Kier molecular flexibility index (Phi) is 6.56. The van der Waals surface area contributed by atoms with Crippen molar-refractivity contribution in [3.63, 3.8) is 0 Å². The van der Waals surface area contributed by atoms with Gasteiger partial charge in [0.05, 0.1) is 13.0 Å². The maximum absolute atomic E-state index is 11.9. The molecule has 4 nitrogen and oxygen atoms in total. The molecule has 0 spiro atoms. The summed E-state index contributed by atoms with van der Waals surface area (Å²) in [5, 5.41) is 0. The Labute approximate surface area is 127 Å². The minimum absolute atomic E-state index is 0.151. The third-order valence-corrected chi connectivity index (χ3v) is 4.77. The fourth-order valence-electron chi connectivity index (χ4n) is 3.58. The van der Waals surface area contributed by atoms with E-state index in [9.17, 15) is 14.4 Å². The molecular weight excluding hydrogens is 268 g/mol. The molecule has 4 heteroatoms. The largest absolute Gasteiger partial charge is 0.460 e. The summed E-state index contributed by atoms with van der Waals surface area (Å²) in [7, 11) is 0. The fraction of sp³-hybridized carbons (Fsp3) is 0.824. The predicted octanol–water partition coefficient (Wildman–Crippen LogP) is 3.32. The highest BCUT2D eigenvalue weighted by Gasteiger charge is 2.36. The molecule has 2 atom stereocenters. The zero-order valence-corrected chi connectivity index (χ0v) is 13.7. The molecule has 0 aromatic rings. The Morgan fingerprint density at radius 1 is 1.24 bits per heavy atom. The quantitative estimate of drug-likeness (QED) is 0.411. The van der Waals surface area contributed by atoms with Gasteiger partial charge in [0, 0.05) is 6.42 Å². The molecule has 1 aliphatic carbocycles. The maximum Gasteiger partial charge on any atom is 0.375 e. The number of carbonyl (C=O) groups excluding carboxylic acids is 3. The fourth-order valence-corrected chi connectivity index (χ4v) is 3.58. The maximum atomic E-state index is 11.9. The second-order valence-electron chi connectivity index (χ2n) is 6.86. The zero-order valence-electron chi connectivity index (χ0n) is 13.7. The molecule has 1 aliphatic rings. The van der Waals surface area contributed by atoms with Gasteiger partial charge >= 0.3 is 5.97 Å². The number of hydrogen-bond donors (Lipinski definition) is 0. The first kappa shape index (κ1) is 17.9. The van der Waals surface area contributed by atoms with Crippen LogP contribution in [0.25, 0.3) is 0 Å². The van der Waals surface area contributed by atoms with Crippen LogP contribution in [-0.2, 0) is 19.1 Å². The van der Waals surface area contributed by atoms with Crippen LogP contribution in [0.4, 0.5) is 0 Å². The lowest BCUT2D eigenvalue weighted by atomic mass is 9.62. The van der Waals surface area contributed by atoms with E-state index in [0.29, 0.717) is 18.3 Å². The van der Waals surface area contributed by atoms with Gasteiger partial charge in [0.15, 0.2) is 0 Å². The number of esters is 1. The summed E-state index contributed by atoms with van der Waals surface area (Å²) < 4.78 is 4.61. The highest BCUT2D eigenvalue weighted by Crippen LogP contribution is 2.46. The first-order chi connectivity index (χ1) is 9.77. The van der Waals surface area contributed by atoms with Crippen LogP contribution in [0, 0.1) is 17.3 Å². The van der Waals surface area contributed by atoms with Gasteiger partial charge in [-0.2, -0.15) is 0 Å². The molecule has 21 heavy (non-hydrogen) atoms. The van der Waals surface area contributed by atoms with Crippen LogP contribution in [0.5, 0.6) is 0 Å². The molecule has 0 aromatic heterocycles. The first-order valence-corrected chi connectivity index (χ1v) is 7.99. The molecule has 1 rings (SSSR count). The van der Waals surface area contributed by atoms with Crippen LogP contribution in [0.3, 0.4) is 0 Å². The van der Waals surface area contributed by atoms with Crippen molar-refractivity contribution < 1.29 is 19.1 Å². The SMILES string of the molecule is CCOC(=O)C(=O)CC(=O)CCC1C(C)CCCC1(C)C. The molecule has 0 bridgehead atoms. The third kappa shape index (κ3) is 5.25. The van der Waals surface area contributed by atoms with E-state index in [1.165, 1.54) is 19.3 Å². The average molecular weight is 296 g/mol. The van der Waals surface area contributed by atoms with Crippen LogP contribution in [0.2, 0.25) is 0 Å². The average Bonchev–Trinajstić information content (AvgIpc) is 2.37. The molecule has 1 saturated carbocycles. The van der Waals surface area contributed by atoms with Gasteiger partial charge in [0.1, 0.15) is 5.78 Å². The standard InChI is InChI=1S/C17H28O4/c1-5-21-16(20)15(19)11-13(18)8-9-14-12(2)7-6-10-17(14,3)4/h12,14H,5-11H2,1-4H3. The molecule has 120 valence electrons. The Balaban J connectivity index is 2.45. The summed E-state index contributed by atoms with van der Waals surface area (Å²) in [6.07, 6.45) is 4.52. The minimum Gasteiger partial charge on any atom is -0.460 e. The Hall–Kier alpha value is -1.19. The van der Waals surface area contributed by atoms with E-state index >= 15 is 0 Å². The Morgan fingerprint density at radius 2 is 1.90 bits per heavy atom. The van der Waals surface area contributed by atoms with Crippen LogP contribution >= 0.6 is 0 Å². The number of carbonyl (C=O) groups is 3. The number of ether oxygens (including phenoxy) is 1. The summed E-state index contributed by atoms with van der Waals surface area (Å²) in [5.41, 5.74) is 0.253. The number of hydrogen-bond acceptors (Lipinski definition) is 4. The number of Topliss-reactive ketones (excluding diaryl/α,β-unsaturated/α-hetero) is 2. The summed E-state index contributed by atoms with van der Waals surface area (Å²) >= 11 is 0. The number of rotatable bonds is 7. The van der Waals surface area contributed by atoms with Gasteiger partial charge in [-0.05, 0) is 37.0 Å². The van der Waals surface area contributed by atoms with Gasteiger partial charge in [-0.1, -0.05) is 33.6 Å². The molecule has 0 amide bonds. The van der Waals surface area contributed by atoms with E-state index in [1.807, 2.05) is 0 Å². The van der Waals surface area contributed by atoms with Gasteiger partial charge in [-0.3, -0.25) is 9.59 Å². The van der Waals surface area contributed by atoms with Gasteiger partial charge in [0.25, 0.3) is 0 Å². The summed E-state index contributed by atoms with van der Waals surface area (Å²) in [6, 6.07) is 0. The van der Waals surface area contributed by atoms with Crippen molar-refractivity contribution in [1.29, 1.82) is 0 Å². The normalized spacial score (nSPS) is 24.4. The summed E-state index contributed by atoms with van der Waals surface area (Å²) in [6.45, 7) is 8.58. The van der Waals surface area contributed by atoms with Gasteiger partial charge < -0.3 is 4.74 Å². The van der Waals surface area contributed by atoms with Crippen molar-refractivity contribution in [2.24, 2.45) is 17.3 Å². The molecule has 0 aliphatic heterocycles. The smallest absolute Gasteiger partial charge is 0.375 e. The molecule has 0 saturated heterocycles. The van der Waals surface area contributed by atoms with Crippen LogP contribution in [0.15, 0.2) is 0 Å². The van der Waals surface area contributed by atoms with E-state index < -0.39 is 11.8 Å². The molecule has 0 heterocycles. The molecule has 0 N–H and O–H groups in total.